The highest BCUT2D eigenvalue weighted by Gasteiger charge is 2.28. The Hall–Kier alpha value is -1.40. The fourth-order valence-electron chi connectivity index (χ4n) is 3.28. The number of rotatable bonds is 5. The van der Waals surface area contributed by atoms with Crippen LogP contribution in [-0.4, -0.2) is 49.2 Å². The first kappa shape index (κ1) is 18.9. The van der Waals surface area contributed by atoms with Crippen LogP contribution in [-0.2, 0) is 10.0 Å². The first-order chi connectivity index (χ1) is 11.3. The molecule has 1 saturated heterocycles. The Labute approximate surface area is 145 Å². The van der Waals surface area contributed by atoms with E-state index in [1.807, 2.05) is 18.7 Å². The summed E-state index contributed by atoms with van der Waals surface area (Å²) in [6, 6.07) is 5.22. The summed E-state index contributed by atoms with van der Waals surface area (Å²) in [5.41, 5.74) is 1.13. The highest BCUT2D eigenvalue weighted by molar-refractivity contribution is 7.89. The minimum atomic E-state index is -3.57. The molecule has 2 rings (SSSR count). The van der Waals surface area contributed by atoms with Crippen molar-refractivity contribution in [3.05, 3.63) is 29.3 Å². The number of aryl methyl sites for hydroxylation is 1. The Balaban J connectivity index is 2.40. The van der Waals surface area contributed by atoms with Gasteiger partial charge in [-0.1, -0.05) is 19.9 Å². The summed E-state index contributed by atoms with van der Waals surface area (Å²) in [4.78, 5) is 14.9. The standard InChI is InChI=1S/C18H28N2O3S/c1-5-19(6-2)24(22,23)17-13-16(11-10-14(17)3)18(21)20-12-8-7-9-15(20)4/h10-11,13,15H,5-9,12H2,1-4H3. The molecule has 1 unspecified atom stereocenters. The van der Waals surface area contributed by atoms with Crippen LogP contribution in [0.3, 0.4) is 0 Å². The topological polar surface area (TPSA) is 57.7 Å². The molecule has 0 N–H and O–H groups in total. The molecule has 0 saturated carbocycles. The third-order valence-corrected chi connectivity index (χ3v) is 7.01. The van der Waals surface area contributed by atoms with E-state index in [0.717, 1.165) is 25.8 Å². The summed E-state index contributed by atoms with van der Waals surface area (Å²) in [5.74, 6) is -0.0711. The Morgan fingerprint density at radius 1 is 1.25 bits per heavy atom. The van der Waals surface area contributed by atoms with E-state index in [0.29, 0.717) is 24.2 Å². The second-order valence-electron chi connectivity index (χ2n) is 6.41. The van der Waals surface area contributed by atoms with Crippen molar-refractivity contribution in [1.29, 1.82) is 0 Å². The van der Waals surface area contributed by atoms with E-state index < -0.39 is 10.0 Å². The number of likely N-dealkylation sites (tertiary alicyclic amines) is 1. The van der Waals surface area contributed by atoms with Crippen LogP contribution in [0.5, 0.6) is 0 Å². The summed E-state index contributed by atoms with van der Waals surface area (Å²) in [5, 5.41) is 0. The molecule has 0 spiro atoms. The van der Waals surface area contributed by atoms with Gasteiger partial charge >= 0.3 is 0 Å². The molecule has 0 aliphatic carbocycles. The lowest BCUT2D eigenvalue weighted by atomic mass is 10.0. The Morgan fingerprint density at radius 3 is 2.50 bits per heavy atom. The summed E-state index contributed by atoms with van der Waals surface area (Å²) < 4.78 is 27.1. The van der Waals surface area contributed by atoms with Gasteiger partial charge in [0.2, 0.25) is 10.0 Å². The van der Waals surface area contributed by atoms with Crippen LogP contribution >= 0.6 is 0 Å². The van der Waals surface area contributed by atoms with Gasteiger partial charge in [-0.2, -0.15) is 4.31 Å². The van der Waals surface area contributed by atoms with Crippen molar-refractivity contribution in [3.8, 4) is 0 Å². The third-order valence-electron chi connectivity index (χ3n) is 4.82. The van der Waals surface area contributed by atoms with Crippen LogP contribution in [0.25, 0.3) is 0 Å². The monoisotopic (exact) mass is 352 g/mol. The molecular weight excluding hydrogens is 324 g/mol. The number of carbonyl (C=O) groups is 1. The second-order valence-corrected chi connectivity index (χ2v) is 8.32. The molecule has 5 nitrogen and oxygen atoms in total. The highest BCUT2D eigenvalue weighted by Crippen LogP contribution is 2.24. The van der Waals surface area contributed by atoms with Gasteiger partial charge in [-0.3, -0.25) is 4.79 Å². The lowest BCUT2D eigenvalue weighted by Crippen LogP contribution is -2.42. The molecule has 1 heterocycles. The molecular formula is C18H28N2O3S. The molecule has 1 aromatic rings. The van der Waals surface area contributed by atoms with Crippen molar-refractivity contribution in [3.63, 3.8) is 0 Å². The van der Waals surface area contributed by atoms with Crippen molar-refractivity contribution in [2.24, 2.45) is 0 Å². The van der Waals surface area contributed by atoms with E-state index in [2.05, 4.69) is 6.92 Å². The molecule has 1 atom stereocenters. The van der Waals surface area contributed by atoms with Crippen LogP contribution in [0.1, 0.15) is 56.0 Å². The predicted octanol–water partition coefficient (Wildman–Crippen LogP) is 3.04. The largest absolute Gasteiger partial charge is 0.336 e. The normalized spacial score (nSPS) is 18.9. The van der Waals surface area contributed by atoms with Gasteiger partial charge in [-0.05, 0) is 50.8 Å². The number of carbonyl (C=O) groups excluding carboxylic acids is 1. The van der Waals surface area contributed by atoms with Crippen LogP contribution in [0, 0.1) is 6.92 Å². The maximum absolute atomic E-state index is 12.8. The molecule has 1 aliphatic heterocycles. The predicted molar refractivity (Wildman–Crippen MR) is 95.6 cm³/mol. The van der Waals surface area contributed by atoms with Gasteiger partial charge in [0, 0.05) is 31.2 Å². The minimum Gasteiger partial charge on any atom is -0.336 e. The number of sulfonamides is 1. The maximum atomic E-state index is 12.8. The number of benzene rings is 1. The highest BCUT2D eigenvalue weighted by atomic mass is 32.2. The number of nitrogens with zero attached hydrogens (tertiary/aromatic N) is 2. The van der Waals surface area contributed by atoms with Crippen LogP contribution in [0.4, 0.5) is 0 Å². The van der Waals surface area contributed by atoms with E-state index in [4.69, 9.17) is 0 Å². The molecule has 0 aromatic heterocycles. The molecule has 1 aliphatic rings. The van der Waals surface area contributed by atoms with Gasteiger partial charge in [0.1, 0.15) is 0 Å². The van der Waals surface area contributed by atoms with Gasteiger partial charge < -0.3 is 4.90 Å². The van der Waals surface area contributed by atoms with E-state index in [9.17, 15) is 13.2 Å². The van der Waals surface area contributed by atoms with Crippen LogP contribution in [0.2, 0.25) is 0 Å². The summed E-state index contributed by atoms with van der Waals surface area (Å²) in [7, 11) is -3.57. The smallest absolute Gasteiger partial charge is 0.254 e. The second kappa shape index (κ2) is 7.66. The SMILES string of the molecule is CCN(CC)S(=O)(=O)c1cc(C(=O)N2CCCCC2C)ccc1C. The van der Waals surface area contributed by atoms with Gasteiger partial charge in [0.15, 0.2) is 0 Å². The van der Waals surface area contributed by atoms with Crippen molar-refractivity contribution in [2.45, 2.75) is 57.9 Å². The van der Waals surface area contributed by atoms with Crippen LogP contribution < -0.4 is 0 Å². The summed E-state index contributed by atoms with van der Waals surface area (Å²) in [6.45, 7) is 9.04. The zero-order chi connectivity index (χ0) is 17.9. The Bertz CT molecular complexity index is 696. The maximum Gasteiger partial charge on any atom is 0.254 e. The quantitative estimate of drug-likeness (QED) is 0.818. The number of hydrogen-bond donors (Lipinski definition) is 0. The minimum absolute atomic E-state index is 0.0711. The average molecular weight is 353 g/mol. The van der Waals surface area contributed by atoms with E-state index in [-0.39, 0.29) is 16.8 Å². The third kappa shape index (κ3) is 3.64. The average Bonchev–Trinajstić information content (AvgIpc) is 2.56. The van der Waals surface area contributed by atoms with Gasteiger partial charge in [0.05, 0.1) is 4.90 Å². The molecule has 0 bridgehead atoms. The number of piperidine rings is 1. The van der Waals surface area contributed by atoms with Crippen molar-refractivity contribution >= 4 is 15.9 Å². The van der Waals surface area contributed by atoms with Crippen molar-refractivity contribution in [2.75, 3.05) is 19.6 Å². The fourth-order valence-corrected chi connectivity index (χ4v) is 4.99. The Kier molecular flexibility index (Phi) is 6.04. The molecule has 0 radical (unpaired) electrons. The first-order valence-electron chi connectivity index (χ1n) is 8.74. The zero-order valence-corrected chi connectivity index (χ0v) is 15.9. The lowest BCUT2D eigenvalue weighted by molar-refractivity contribution is 0.0635. The molecule has 1 aromatic carbocycles. The van der Waals surface area contributed by atoms with E-state index in [1.165, 1.54) is 4.31 Å². The van der Waals surface area contributed by atoms with E-state index in [1.54, 1.807) is 25.1 Å². The lowest BCUT2D eigenvalue weighted by Gasteiger charge is -2.33. The van der Waals surface area contributed by atoms with Crippen molar-refractivity contribution < 1.29 is 13.2 Å². The Morgan fingerprint density at radius 2 is 1.92 bits per heavy atom. The molecule has 6 heteroatoms. The number of amides is 1. The molecule has 1 fully saturated rings. The van der Waals surface area contributed by atoms with Gasteiger partial charge in [0.25, 0.3) is 5.91 Å². The molecule has 1 amide bonds. The summed E-state index contributed by atoms with van der Waals surface area (Å²) >= 11 is 0. The molecule has 134 valence electrons. The number of hydrogen-bond acceptors (Lipinski definition) is 3. The van der Waals surface area contributed by atoms with Crippen molar-refractivity contribution in [1.82, 2.24) is 9.21 Å². The fraction of sp³-hybridized carbons (Fsp3) is 0.611. The summed E-state index contributed by atoms with van der Waals surface area (Å²) in [6.07, 6.45) is 3.15. The van der Waals surface area contributed by atoms with Gasteiger partial charge in [-0.25, -0.2) is 8.42 Å². The van der Waals surface area contributed by atoms with E-state index >= 15 is 0 Å². The zero-order valence-electron chi connectivity index (χ0n) is 15.1. The molecule has 24 heavy (non-hydrogen) atoms. The first-order valence-corrected chi connectivity index (χ1v) is 10.2. The van der Waals surface area contributed by atoms with Gasteiger partial charge in [-0.15, -0.1) is 0 Å². The van der Waals surface area contributed by atoms with Crippen LogP contribution in [0.15, 0.2) is 23.1 Å².